The van der Waals surface area contributed by atoms with E-state index >= 15 is 0 Å². The second-order valence-corrected chi connectivity index (χ2v) is 11.2. The van der Waals surface area contributed by atoms with Gasteiger partial charge < -0.3 is 25.0 Å². The van der Waals surface area contributed by atoms with E-state index in [-0.39, 0.29) is 51.1 Å². The van der Waals surface area contributed by atoms with Crippen molar-refractivity contribution < 1.29 is 32.6 Å². The second kappa shape index (κ2) is 11.8. The smallest absolute Gasteiger partial charge is 0.249 e. The molecule has 1 saturated heterocycles. The fraction of sp³-hybridized carbons (Fsp3) is 0.355. The number of benzene rings is 2. The number of aromatic nitrogens is 1. The van der Waals surface area contributed by atoms with Gasteiger partial charge in [-0.2, -0.15) is 0 Å². The van der Waals surface area contributed by atoms with Crippen molar-refractivity contribution >= 4 is 29.2 Å². The van der Waals surface area contributed by atoms with Gasteiger partial charge in [0.1, 0.15) is 30.6 Å². The fourth-order valence-corrected chi connectivity index (χ4v) is 6.15. The molecule has 3 aliphatic rings. The van der Waals surface area contributed by atoms with E-state index in [9.17, 15) is 23.2 Å². The van der Waals surface area contributed by atoms with Crippen molar-refractivity contribution in [3.63, 3.8) is 0 Å². The number of hydrogen-bond acceptors (Lipinski definition) is 7. The van der Waals surface area contributed by atoms with E-state index in [1.54, 1.807) is 24.2 Å². The molecule has 12 heteroatoms. The minimum Gasteiger partial charge on any atom is -0.369 e. The molecule has 3 heterocycles. The number of hydrogen-bond donors (Lipinski definition) is 2. The lowest BCUT2D eigenvalue weighted by Crippen LogP contribution is -2.46. The van der Waals surface area contributed by atoms with E-state index in [1.807, 2.05) is 24.3 Å². The molecule has 0 saturated carbocycles. The lowest BCUT2D eigenvalue weighted by Gasteiger charge is -2.34. The average Bonchev–Trinajstić information content (AvgIpc) is 3.47. The predicted octanol–water partition coefficient (Wildman–Crippen LogP) is 2.79. The van der Waals surface area contributed by atoms with Crippen molar-refractivity contribution in [2.75, 3.05) is 57.3 Å². The van der Waals surface area contributed by atoms with Gasteiger partial charge in [0.2, 0.25) is 17.7 Å². The molecular formula is C31H31F2N5O5. The normalized spacial score (nSPS) is 22.6. The van der Waals surface area contributed by atoms with Crippen molar-refractivity contribution in [2.45, 2.75) is 24.3 Å². The summed E-state index contributed by atoms with van der Waals surface area (Å²) in [6, 6.07) is 11.4. The van der Waals surface area contributed by atoms with E-state index in [0.717, 1.165) is 34.9 Å². The Bertz CT molecular complexity index is 1570. The number of halogens is 2. The molecule has 1 fully saturated rings. The largest absolute Gasteiger partial charge is 0.369 e. The average molecular weight is 592 g/mol. The lowest BCUT2D eigenvalue weighted by atomic mass is 9.79. The molecule has 2 N–H and O–H groups in total. The number of amides is 3. The molecule has 10 nitrogen and oxygen atoms in total. The highest BCUT2D eigenvalue weighted by Crippen LogP contribution is 2.47. The predicted molar refractivity (Wildman–Crippen MR) is 152 cm³/mol. The molecule has 2 atom stereocenters. The summed E-state index contributed by atoms with van der Waals surface area (Å²) in [5, 5.41) is 5.74. The third-order valence-electron chi connectivity index (χ3n) is 8.14. The van der Waals surface area contributed by atoms with Crippen molar-refractivity contribution in [2.24, 2.45) is 0 Å². The Morgan fingerprint density at radius 2 is 1.84 bits per heavy atom. The summed E-state index contributed by atoms with van der Waals surface area (Å²) in [5.74, 6) is -2.11. The van der Waals surface area contributed by atoms with E-state index in [1.165, 1.54) is 4.90 Å². The number of carbonyl (C=O) groups excluding carboxylic acids is 3. The highest BCUT2D eigenvalue weighted by molar-refractivity contribution is 6.06. The highest BCUT2D eigenvalue weighted by atomic mass is 19.1. The van der Waals surface area contributed by atoms with Crippen LogP contribution in [0.25, 0.3) is 0 Å². The van der Waals surface area contributed by atoms with Crippen molar-refractivity contribution in [3.8, 4) is 0 Å². The standard InChI is InChI=1S/C31H31F2N5O5/c1-37-15-26(20-9-22(32)12-23(33)10-20)38(28(40)17-42-7-8-43-18-37)16-27(39)35-24-5-4-19-13-31(14-21(19)11-24)25-3-2-6-34-29(25)36-30(31)41/h2-6,9-12,26H,7-8,13-18H2,1H3,(H,35,39)(H,34,36,41)/t26-,31+/m0/s1. The molecule has 2 aromatic carbocycles. The van der Waals surface area contributed by atoms with Crippen LogP contribution in [0.2, 0.25) is 0 Å². The van der Waals surface area contributed by atoms with Gasteiger partial charge in [-0.05, 0) is 66.9 Å². The molecule has 1 aromatic heterocycles. The first-order valence-corrected chi connectivity index (χ1v) is 14.0. The van der Waals surface area contributed by atoms with Gasteiger partial charge in [-0.3, -0.25) is 19.3 Å². The maximum Gasteiger partial charge on any atom is 0.249 e. The molecule has 3 aromatic rings. The first-order chi connectivity index (χ1) is 20.7. The van der Waals surface area contributed by atoms with Crippen molar-refractivity contribution in [1.82, 2.24) is 14.8 Å². The number of anilines is 2. The number of rotatable bonds is 4. The van der Waals surface area contributed by atoms with Crippen LogP contribution in [0, 0.1) is 11.6 Å². The molecule has 224 valence electrons. The first-order valence-electron chi connectivity index (χ1n) is 14.0. The van der Waals surface area contributed by atoms with Gasteiger partial charge >= 0.3 is 0 Å². The summed E-state index contributed by atoms with van der Waals surface area (Å²) < 4.78 is 39.5. The summed E-state index contributed by atoms with van der Waals surface area (Å²) in [4.78, 5) is 47.1. The minimum atomic E-state index is -0.867. The minimum absolute atomic E-state index is 0.0986. The van der Waals surface area contributed by atoms with Gasteiger partial charge in [0.25, 0.3) is 0 Å². The highest BCUT2D eigenvalue weighted by Gasteiger charge is 2.51. The fourth-order valence-electron chi connectivity index (χ4n) is 6.15. The van der Waals surface area contributed by atoms with Crippen LogP contribution in [0.3, 0.4) is 0 Å². The van der Waals surface area contributed by atoms with Crippen molar-refractivity contribution in [1.29, 1.82) is 0 Å². The SMILES string of the molecule is CN1COCCOCC(=O)N(CC(=O)Nc2ccc3c(c2)C[C@@]2(C3)C(=O)Nc3ncccc32)[C@H](c2cc(F)cc(F)c2)C1. The number of ether oxygens (including phenoxy) is 2. The number of nitrogens with one attached hydrogen (secondary N) is 2. The molecule has 0 radical (unpaired) electrons. The lowest BCUT2D eigenvalue weighted by molar-refractivity contribution is -0.141. The second-order valence-electron chi connectivity index (χ2n) is 11.2. The number of pyridine rings is 1. The van der Waals surface area contributed by atoms with Crippen LogP contribution in [0.1, 0.15) is 28.3 Å². The molecule has 0 unspecified atom stereocenters. The molecule has 2 aliphatic heterocycles. The van der Waals surface area contributed by atoms with Gasteiger partial charge in [0.15, 0.2) is 0 Å². The Kier molecular flexibility index (Phi) is 7.91. The maximum absolute atomic E-state index is 14.3. The quantitative estimate of drug-likeness (QED) is 0.480. The van der Waals surface area contributed by atoms with Crippen LogP contribution in [0.15, 0.2) is 54.7 Å². The summed E-state index contributed by atoms with van der Waals surface area (Å²) in [6.45, 7) is 0.0766. The van der Waals surface area contributed by atoms with Gasteiger partial charge in [-0.15, -0.1) is 0 Å². The number of carbonyl (C=O) groups is 3. The van der Waals surface area contributed by atoms with Crippen LogP contribution in [-0.2, 0) is 42.1 Å². The zero-order valence-corrected chi connectivity index (χ0v) is 23.6. The van der Waals surface area contributed by atoms with Gasteiger partial charge in [0, 0.05) is 30.1 Å². The topological polar surface area (TPSA) is 113 Å². The number of likely N-dealkylation sites (N-methyl/N-ethyl adjacent to an activating group) is 1. The number of nitrogens with zero attached hydrogens (tertiary/aromatic N) is 3. The summed E-state index contributed by atoms with van der Waals surface area (Å²) in [7, 11) is 1.75. The maximum atomic E-state index is 14.3. The first kappa shape index (κ1) is 28.8. The van der Waals surface area contributed by atoms with Crippen molar-refractivity contribution in [3.05, 3.63) is 88.6 Å². The molecular weight excluding hydrogens is 560 g/mol. The van der Waals surface area contributed by atoms with Crippen LogP contribution >= 0.6 is 0 Å². The van der Waals surface area contributed by atoms with E-state index in [2.05, 4.69) is 15.6 Å². The Balaban J connectivity index is 1.23. The summed E-state index contributed by atoms with van der Waals surface area (Å²) in [5.41, 5.74) is 2.76. The van der Waals surface area contributed by atoms with Crippen LogP contribution in [-0.4, -0.2) is 79.2 Å². The zero-order chi connectivity index (χ0) is 30.1. The molecule has 1 spiro atoms. The Morgan fingerprint density at radius 1 is 1.07 bits per heavy atom. The summed E-state index contributed by atoms with van der Waals surface area (Å²) in [6.07, 6.45) is 2.62. The van der Waals surface area contributed by atoms with Gasteiger partial charge in [-0.1, -0.05) is 12.1 Å². The van der Waals surface area contributed by atoms with Crippen LogP contribution in [0.5, 0.6) is 0 Å². The van der Waals surface area contributed by atoms with E-state index in [0.29, 0.717) is 24.3 Å². The molecule has 3 amide bonds. The van der Waals surface area contributed by atoms with Crippen LogP contribution in [0.4, 0.5) is 20.3 Å². The third-order valence-corrected chi connectivity index (χ3v) is 8.14. The Morgan fingerprint density at radius 3 is 2.65 bits per heavy atom. The van der Waals surface area contributed by atoms with E-state index in [4.69, 9.17) is 9.47 Å². The van der Waals surface area contributed by atoms with Gasteiger partial charge in [-0.25, -0.2) is 13.8 Å². The third kappa shape index (κ3) is 5.85. The molecule has 0 bridgehead atoms. The van der Waals surface area contributed by atoms with Crippen LogP contribution < -0.4 is 10.6 Å². The number of fused-ring (bicyclic) bond motifs is 3. The Hall–Kier alpha value is -4.26. The van der Waals surface area contributed by atoms with E-state index < -0.39 is 34.9 Å². The summed E-state index contributed by atoms with van der Waals surface area (Å²) >= 11 is 0. The zero-order valence-electron chi connectivity index (χ0n) is 23.6. The molecule has 43 heavy (non-hydrogen) atoms. The monoisotopic (exact) mass is 591 g/mol. The molecule has 6 rings (SSSR count). The van der Waals surface area contributed by atoms with Gasteiger partial charge in [0.05, 0.1) is 31.4 Å². The molecule has 1 aliphatic carbocycles. The Labute approximate surface area is 247 Å².